The lowest BCUT2D eigenvalue weighted by atomic mass is 10.4. The van der Waals surface area contributed by atoms with Gasteiger partial charge in [0, 0.05) is 33.4 Å². The van der Waals surface area contributed by atoms with E-state index in [4.69, 9.17) is 0 Å². The van der Waals surface area contributed by atoms with Crippen LogP contribution in [-0.4, -0.2) is 14.5 Å². The Kier molecular flexibility index (Phi) is 5.98. The molecule has 0 bridgehead atoms. The average Bonchev–Trinajstić information content (AvgIpc) is 3.03. The maximum atomic E-state index is 12.3. The van der Waals surface area contributed by atoms with Gasteiger partial charge in [-0.05, 0) is 39.5 Å². The molecule has 4 nitrogen and oxygen atoms in total. The Morgan fingerprint density at radius 2 is 2.00 bits per heavy atom. The van der Waals surface area contributed by atoms with Gasteiger partial charge < -0.3 is 5.32 Å². The van der Waals surface area contributed by atoms with Crippen molar-refractivity contribution in [2.45, 2.75) is 37.2 Å². The SMILES string of the molecule is CC(C)NCc1ccc(S(=O)(=O)NCc2sccc2Br)s1. The van der Waals surface area contributed by atoms with Gasteiger partial charge in [-0.1, -0.05) is 13.8 Å². The van der Waals surface area contributed by atoms with Crippen molar-refractivity contribution in [3.63, 3.8) is 0 Å². The molecule has 0 fully saturated rings. The number of hydrogen-bond acceptors (Lipinski definition) is 5. The summed E-state index contributed by atoms with van der Waals surface area (Å²) >= 11 is 6.22. The minimum atomic E-state index is -3.44. The van der Waals surface area contributed by atoms with Crippen LogP contribution in [0.15, 0.2) is 32.3 Å². The van der Waals surface area contributed by atoms with Gasteiger partial charge in [0.05, 0.1) is 0 Å². The molecule has 0 spiro atoms. The maximum Gasteiger partial charge on any atom is 0.250 e. The molecule has 0 aromatic carbocycles. The molecule has 0 saturated heterocycles. The highest BCUT2D eigenvalue weighted by atomic mass is 79.9. The van der Waals surface area contributed by atoms with Gasteiger partial charge in [-0.15, -0.1) is 22.7 Å². The molecule has 0 saturated carbocycles. The van der Waals surface area contributed by atoms with E-state index in [-0.39, 0.29) is 0 Å². The first kappa shape index (κ1) is 17.1. The van der Waals surface area contributed by atoms with E-state index < -0.39 is 10.0 Å². The molecular weight excluding hydrogens is 392 g/mol. The van der Waals surface area contributed by atoms with Crippen molar-refractivity contribution in [3.05, 3.63) is 37.8 Å². The second kappa shape index (κ2) is 7.34. The van der Waals surface area contributed by atoms with Crippen LogP contribution in [0.2, 0.25) is 0 Å². The fraction of sp³-hybridized carbons (Fsp3) is 0.385. The van der Waals surface area contributed by atoms with E-state index in [2.05, 4.69) is 39.8 Å². The molecule has 0 aliphatic rings. The molecule has 2 heterocycles. The highest BCUT2D eigenvalue weighted by molar-refractivity contribution is 9.10. The molecule has 21 heavy (non-hydrogen) atoms. The highest BCUT2D eigenvalue weighted by Crippen LogP contribution is 2.25. The Morgan fingerprint density at radius 1 is 1.24 bits per heavy atom. The van der Waals surface area contributed by atoms with E-state index in [0.717, 1.165) is 14.2 Å². The van der Waals surface area contributed by atoms with Gasteiger partial charge in [0.1, 0.15) is 4.21 Å². The lowest BCUT2D eigenvalue weighted by Crippen LogP contribution is -2.22. The van der Waals surface area contributed by atoms with E-state index in [1.807, 2.05) is 17.5 Å². The van der Waals surface area contributed by atoms with Crippen molar-refractivity contribution in [1.29, 1.82) is 0 Å². The number of halogens is 1. The van der Waals surface area contributed by atoms with Gasteiger partial charge in [0.25, 0.3) is 0 Å². The fourth-order valence-electron chi connectivity index (χ4n) is 1.59. The Hall–Kier alpha value is -0.250. The zero-order valence-electron chi connectivity index (χ0n) is 11.7. The first-order valence-electron chi connectivity index (χ1n) is 6.42. The summed E-state index contributed by atoms with van der Waals surface area (Å²) in [4.78, 5) is 1.98. The third-order valence-electron chi connectivity index (χ3n) is 2.70. The van der Waals surface area contributed by atoms with Crippen molar-refractivity contribution in [3.8, 4) is 0 Å². The Labute approximate surface area is 141 Å². The van der Waals surface area contributed by atoms with E-state index in [1.54, 1.807) is 6.07 Å². The summed E-state index contributed by atoms with van der Waals surface area (Å²) < 4.78 is 28.4. The van der Waals surface area contributed by atoms with Crippen LogP contribution >= 0.6 is 38.6 Å². The van der Waals surface area contributed by atoms with Crippen LogP contribution in [-0.2, 0) is 23.1 Å². The fourth-order valence-corrected chi connectivity index (χ4v) is 5.46. The molecule has 8 heteroatoms. The smallest absolute Gasteiger partial charge is 0.250 e. The number of sulfonamides is 1. The summed E-state index contributed by atoms with van der Waals surface area (Å²) in [7, 11) is -3.44. The van der Waals surface area contributed by atoms with Crippen LogP contribution < -0.4 is 10.0 Å². The lowest BCUT2D eigenvalue weighted by molar-refractivity contribution is 0.584. The summed E-state index contributed by atoms with van der Waals surface area (Å²) in [6, 6.07) is 5.81. The molecule has 0 amide bonds. The molecule has 2 aromatic rings. The third-order valence-corrected chi connectivity index (χ3v) is 7.60. The Balaban J connectivity index is 2.01. The summed E-state index contributed by atoms with van der Waals surface area (Å²) in [6.07, 6.45) is 0. The predicted molar refractivity (Wildman–Crippen MR) is 92.3 cm³/mol. The van der Waals surface area contributed by atoms with Crippen molar-refractivity contribution in [2.24, 2.45) is 0 Å². The van der Waals surface area contributed by atoms with Gasteiger partial charge in [0.15, 0.2) is 0 Å². The normalized spacial score (nSPS) is 12.2. The van der Waals surface area contributed by atoms with Crippen molar-refractivity contribution in [1.82, 2.24) is 10.0 Å². The van der Waals surface area contributed by atoms with Gasteiger partial charge in [-0.2, -0.15) is 0 Å². The maximum absolute atomic E-state index is 12.3. The molecule has 0 aliphatic carbocycles. The summed E-state index contributed by atoms with van der Waals surface area (Å²) in [6.45, 7) is 5.11. The van der Waals surface area contributed by atoms with E-state index >= 15 is 0 Å². The summed E-state index contributed by atoms with van der Waals surface area (Å²) in [5, 5.41) is 5.20. The van der Waals surface area contributed by atoms with Crippen LogP contribution in [0.5, 0.6) is 0 Å². The standard InChI is InChI=1S/C13H17BrN2O2S3/c1-9(2)15-7-10-3-4-13(20-10)21(17,18)16-8-12-11(14)5-6-19-12/h3-6,9,15-16H,7-8H2,1-2H3. The molecule has 0 aliphatic heterocycles. The number of thiophene rings is 2. The number of nitrogens with one attached hydrogen (secondary N) is 2. The minimum Gasteiger partial charge on any atom is -0.310 e. The minimum absolute atomic E-state index is 0.304. The largest absolute Gasteiger partial charge is 0.310 e. The third kappa shape index (κ3) is 4.87. The molecule has 0 atom stereocenters. The number of rotatable bonds is 7. The van der Waals surface area contributed by atoms with Gasteiger partial charge >= 0.3 is 0 Å². The van der Waals surface area contributed by atoms with Crippen LogP contribution in [0.1, 0.15) is 23.6 Å². The van der Waals surface area contributed by atoms with Crippen molar-refractivity contribution < 1.29 is 8.42 Å². The lowest BCUT2D eigenvalue weighted by Gasteiger charge is -2.05. The molecule has 2 rings (SSSR count). The van der Waals surface area contributed by atoms with E-state index in [0.29, 0.717) is 23.3 Å². The molecular formula is C13H17BrN2O2S3. The predicted octanol–water partition coefficient (Wildman–Crippen LogP) is 3.55. The van der Waals surface area contributed by atoms with Gasteiger partial charge in [-0.25, -0.2) is 13.1 Å². The molecule has 116 valence electrons. The van der Waals surface area contributed by atoms with Crippen LogP contribution in [0, 0.1) is 0 Å². The first-order valence-corrected chi connectivity index (χ1v) is 10.4. The second-order valence-electron chi connectivity index (χ2n) is 4.77. The quantitative estimate of drug-likeness (QED) is 0.736. The molecule has 2 N–H and O–H groups in total. The van der Waals surface area contributed by atoms with Gasteiger partial charge in [-0.3, -0.25) is 0 Å². The van der Waals surface area contributed by atoms with Crippen molar-refractivity contribution >= 4 is 48.6 Å². The second-order valence-corrected chi connectivity index (χ2v) is 9.79. The van der Waals surface area contributed by atoms with Gasteiger partial charge in [0.2, 0.25) is 10.0 Å². The first-order chi connectivity index (χ1) is 9.88. The molecule has 0 unspecified atom stereocenters. The van der Waals surface area contributed by atoms with Crippen LogP contribution in [0.3, 0.4) is 0 Å². The van der Waals surface area contributed by atoms with E-state index in [1.165, 1.54) is 22.7 Å². The van der Waals surface area contributed by atoms with Crippen LogP contribution in [0.25, 0.3) is 0 Å². The van der Waals surface area contributed by atoms with Crippen LogP contribution in [0.4, 0.5) is 0 Å². The number of hydrogen-bond donors (Lipinski definition) is 2. The topological polar surface area (TPSA) is 58.2 Å². The average molecular weight is 409 g/mol. The molecule has 0 radical (unpaired) electrons. The highest BCUT2D eigenvalue weighted by Gasteiger charge is 2.17. The Morgan fingerprint density at radius 3 is 2.62 bits per heavy atom. The monoisotopic (exact) mass is 408 g/mol. The summed E-state index contributed by atoms with van der Waals surface area (Å²) in [5.41, 5.74) is 0. The Bertz CT molecular complexity index is 692. The molecule has 2 aromatic heterocycles. The van der Waals surface area contributed by atoms with E-state index in [9.17, 15) is 8.42 Å². The van der Waals surface area contributed by atoms with Crippen molar-refractivity contribution in [2.75, 3.05) is 0 Å². The zero-order chi connectivity index (χ0) is 15.5. The summed E-state index contributed by atoms with van der Waals surface area (Å²) in [5.74, 6) is 0. The zero-order valence-corrected chi connectivity index (χ0v) is 15.8.